The molecule has 0 fully saturated rings. The molecule has 0 heterocycles. The topological polar surface area (TPSA) is 58.6 Å². The van der Waals surface area contributed by atoms with Gasteiger partial charge in [0.2, 0.25) is 0 Å². The quantitative estimate of drug-likeness (QED) is 0.638. The summed E-state index contributed by atoms with van der Waals surface area (Å²) in [6.45, 7) is 7.40. The van der Waals surface area contributed by atoms with Crippen molar-refractivity contribution in [1.82, 2.24) is 5.48 Å². The molecule has 0 spiro atoms. The molecule has 4 nitrogen and oxygen atoms in total. The van der Waals surface area contributed by atoms with Crippen molar-refractivity contribution < 1.29 is 14.7 Å². The summed E-state index contributed by atoms with van der Waals surface area (Å²) in [7, 11) is 0. The first kappa shape index (κ1) is 14.7. The lowest BCUT2D eigenvalue weighted by Crippen LogP contribution is -2.24. The summed E-state index contributed by atoms with van der Waals surface area (Å²) in [5.74, 6) is -0.233. The predicted molar refractivity (Wildman–Crippen MR) is 69.3 cm³/mol. The Hall–Kier alpha value is -1.39. The first-order chi connectivity index (χ1) is 8.31. The Bertz CT molecular complexity index is 392. The van der Waals surface area contributed by atoms with Crippen molar-refractivity contribution in [2.75, 3.05) is 0 Å². The Morgan fingerprint density at radius 1 is 1.33 bits per heavy atom. The summed E-state index contributed by atoms with van der Waals surface area (Å²) in [5.41, 5.74) is 3.59. The summed E-state index contributed by atoms with van der Waals surface area (Å²) in [6.07, 6.45) is 0.262. The molecule has 0 aliphatic rings. The highest BCUT2D eigenvalue weighted by Gasteiger charge is 2.16. The maximum Gasteiger partial charge on any atom is 0.310 e. The van der Waals surface area contributed by atoms with Crippen molar-refractivity contribution in [3.63, 3.8) is 0 Å². The van der Waals surface area contributed by atoms with Crippen LogP contribution in [0.4, 0.5) is 0 Å². The van der Waals surface area contributed by atoms with Gasteiger partial charge >= 0.3 is 5.97 Å². The number of hydrogen-bond acceptors (Lipinski definition) is 4. The Balaban J connectivity index is 2.61. The number of ether oxygens (including phenoxy) is 1. The molecule has 0 radical (unpaired) electrons. The maximum atomic E-state index is 11.6. The molecule has 0 aliphatic heterocycles. The fraction of sp³-hybridized carbons (Fsp3) is 0.500. The van der Waals surface area contributed by atoms with E-state index in [1.807, 2.05) is 52.0 Å². The molecule has 4 heteroatoms. The molecule has 100 valence electrons. The van der Waals surface area contributed by atoms with Crippen molar-refractivity contribution in [2.24, 2.45) is 0 Å². The van der Waals surface area contributed by atoms with E-state index in [1.165, 1.54) is 0 Å². The molecule has 0 aliphatic carbocycles. The van der Waals surface area contributed by atoms with Gasteiger partial charge in [0.1, 0.15) is 5.60 Å². The molecule has 1 aromatic rings. The zero-order valence-electron chi connectivity index (χ0n) is 11.4. The van der Waals surface area contributed by atoms with Crippen LogP contribution in [0.25, 0.3) is 0 Å². The van der Waals surface area contributed by atoms with Crippen molar-refractivity contribution in [3.05, 3.63) is 35.4 Å². The van der Waals surface area contributed by atoms with Crippen LogP contribution in [0.2, 0.25) is 0 Å². The van der Waals surface area contributed by atoms with E-state index in [1.54, 1.807) is 0 Å². The number of carbonyl (C=O) groups excluding carboxylic acids is 1. The van der Waals surface area contributed by atoms with Crippen LogP contribution >= 0.6 is 0 Å². The first-order valence-corrected chi connectivity index (χ1v) is 6.02. The molecule has 1 atom stereocenters. The van der Waals surface area contributed by atoms with E-state index in [9.17, 15) is 4.79 Å². The van der Waals surface area contributed by atoms with Crippen molar-refractivity contribution >= 4 is 5.97 Å². The van der Waals surface area contributed by atoms with Gasteiger partial charge in [-0.15, -0.1) is 0 Å². The van der Waals surface area contributed by atoms with Crippen molar-refractivity contribution in [3.8, 4) is 0 Å². The summed E-state index contributed by atoms with van der Waals surface area (Å²) in [5, 5.41) is 8.81. The molecule has 0 saturated heterocycles. The number of hydroxylamine groups is 1. The second-order valence-corrected chi connectivity index (χ2v) is 5.36. The summed E-state index contributed by atoms with van der Waals surface area (Å²) < 4.78 is 5.25. The van der Waals surface area contributed by atoms with Gasteiger partial charge in [-0.2, -0.15) is 5.48 Å². The Kier molecular flexibility index (Phi) is 4.87. The van der Waals surface area contributed by atoms with Crippen molar-refractivity contribution in [1.29, 1.82) is 0 Å². The average Bonchev–Trinajstić information content (AvgIpc) is 2.26. The van der Waals surface area contributed by atoms with E-state index in [0.29, 0.717) is 0 Å². The van der Waals surface area contributed by atoms with Gasteiger partial charge in [-0.05, 0) is 38.8 Å². The van der Waals surface area contributed by atoms with Gasteiger partial charge in [0.25, 0.3) is 0 Å². The van der Waals surface area contributed by atoms with Gasteiger partial charge in [-0.3, -0.25) is 4.79 Å². The molecule has 1 rings (SSSR count). The van der Waals surface area contributed by atoms with Gasteiger partial charge in [-0.25, -0.2) is 0 Å². The standard InChI is InChI=1S/C14H21NO3/c1-10(15-17)12-7-5-11(6-8-12)9-13(16)18-14(2,3)4/h5-8,10,15,17H,9H2,1-4H3. The highest BCUT2D eigenvalue weighted by molar-refractivity contribution is 5.73. The van der Waals surface area contributed by atoms with Crippen LogP contribution in [0.1, 0.15) is 44.9 Å². The van der Waals surface area contributed by atoms with Crippen LogP contribution in [0, 0.1) is 0 Å². The van der Waals surface area contributed by atoms with Gasteiger partial charge in [0.05, 0.1) is 12.5 Å². The lowest BCUT2D eigenvalue weighted by Gasteiger charge is -2.19. The molecule has 0 saturated carbocycles. The SMILES string of the molecule is CC(NO)c1ccc(CC(=O)OC(C)(C)C)cc1. The zero-order chi connectivity index (χ0) is 13.8. The Morgan fingerprint density at radius 2 is 1.89 bits per heavy atom. The maximum absolute atomic E-state index is 11.6. The zero-order valence-corrected chi connectivity index (χ0v) is 11.4. The van der Waals surface area contributed by atoms with E-state index < -0.39 is 5.60 Å². The fourth-order valence-electron chi connectivity index (χ4n) is 1.54. The van der Waals surface area contributed by atoms with Gasteiger partial charge < -0.3 is 9.94 Å². The second-order valence-electron chi connectivity index (χ2n) is 5.36. The average molecular weight is 251 g/mol. The van der Waals surface area contributed by atoms with E-state index in [4.69, 9.17) is 9.94 Å². The molecule has 18 heavy (non-hydrogen) atoms. The van der Waals surface area contributed by atoms with Crippen LogP contribution in [-0.4, -0.2) is 16.8 Å². The van der Waals surface area contributed by atoms with Crippen molar-refractivity contribution in [2.45, 2.75) is 45.8 Å². The second kappa shape index (κ2) is 5.98. The van der Waals surface area contributed by atoms with E-state index in [2.05, 4.69) is 5.48 Å². The molecule has 2 N–H and O–H groups in total. The fourth-order valence-corrected chi connectivity index (χ4v) is 1.54. The van der Waals surface area contributed by atoms with Gasteiger partial charge in [0, 0.05) is 0 Å². The van der Waals surface area contributed by atoms with Crippen LogP contribution in [0.15, 0.2) is 24.3 Å². The predicted octanol–water partition coefficient (Wildman–Crippen LogP) is 2.61. The lowest BCUT2D eigenvalue weighted by molar-refractivity contribution is -0.153. The molecule has 0 bridgehead atoms. The highest BCUT2D eigenvalue weighted by atomic mass is 16.6. The minimum atomic E-state index is -0.452. The summed E-state index contributed by atoms with van der Waals surface area (Å²) in [4.78, 5) is 11.6. The summed E-state index contributed by atoms with van der Waals surface area (Å²) >= 11 is 0. The number of carbonyl (C=O) groups is 1. The van der Waals surface area contributed by atoms with E-state index in [-0.39, 0.29) is 18.4 Å². The Morgan fingerprint density at radius 3 is 2.33 bits per heavy atom. The molecule has 0 amide bonds. The minimum absolute atomic E-state index is 0.124. The third kappa shape index (κ3) is 4.85. The molecule has 0 aromatic heterocycles. The number of esters is 1. The van der Waals surface area contributed by atoms with Gasteiger partial charge in [-0.1, -0.05) is 24.3 Å². The lowest BCUT2D eigenvalue weighted by atomic mass is 10.1. The highest BCUT2D eigenvalue weighted by Crippen LogP contribution is 2.14. The molecular weight excluding hydrogens is 230 g/mol. The van der Waals surface area contributed by atoms with Gasteiger partial charge in [0.15, 0.2) is 0 Å². The Labute approximate surface area is 108 Å². The van der Waals surface area contributed by atoms with Crippen LogP contribution in [-0.2, 0) is 16.0 Å². The third-order valence-corrected chi connectivity index (χ3v) is 2.44. The largest absolute Gasteiger partial charge is 0.460 e. The van der Waals surface area contributed by atoms with E-state index in [0.717, 1.165) is 11.1 Å². The van der Waals surface area contributed by atoms with Crippen LogP contribution < -0.4 is 5.48 Å². The molecule has 1 unspecified atom stereocenters. The van der Waals surface area contributed by atoms with Crippen LogP contribution in [0.5, 0.6) is 0 Å². The minimum Gasteiger partial charge on any atom is -0.460 e. The normalized spacial score (nSPS) is 13.2. The smallest absolute Gasteiger partial charge is 0.310 e. The monoisotopic (exact) mass is 251 g/mol. The number of nitrogens with one attached hydrogen (secondary N) is 1. The number of benzene rings is 1. The van der Waals surface area contributed by atoms with Crippen LogP contribution in [0.3, 0.4) is 0 Å². The molecule has 1 aromatic carbocycles. The first-order valence-electron chi connectivity index (χ1n) is 6.02. The van der Waals surface area contributed by atoms with E-state index >= 15 is 0 Å². The number of rotatable bonds is 4. The molecular formula is C14H21NO3. The third-order valence-electron chi connectivity index (χ3n) is 2.44. The summed E-state index contributed by atoms with van der Waals surface area (Å²) in [6, 6.07) is 7.38. The number of hydrogen-bond donors (Lipinski definition) is 2.